The van der Waals surface area contributed by atoms with Crippen molar-refractivity contribution in [2.24, 2.45) is 0 Å². The van der Waals surface area contributed by atoms with Gasteiger partial charge in [0, 0.05) is 12.6 Å². The van der Waals surface area contributed by atoms with Crippen molar-refractivity contribution in [3.8, 4) is 6.07 Å². The number of likely N-dealkylation sites (tertiary alicyclic amines) is 1. The summed E-state index contributed by atoms with van der Waals surface area (Å²) in [6.45, 7) is 2.54. The van der Waals surface area contributed by atoms with Gasteiger partial charge in [-0.15, -0.1) is 0 Å². The zero-order valence-electron chi connectivity index (χ0n) is 7.20. The molecule has 2 heterocycles. The zero-order chi connectivity index (χ0) is 8.39. The van der Waals surface area contributed by atoms with Gasteiger partial charge in [-0.05, 0) is 25.8 Å². The molecule has 12 heavy (non-hydrogen) atoms. The average Bonchev–Trinajstić information content (AvgIpc) is 2.53. The lowest BCUT2D eigenvalue weighted by atomic mass is 9.99. The third-order valence-electron chi connectivity index (χ3n) is 2.85. The molecule has 2 aliphatic heterocycles. The molecule has 0 aromatic rings. The largest absolute Gasteiger partial charge is 0.377 e. The Morgan fingerprint density at radius 2 is 2.42 bits per heavy atom. The second kappa shape index (κ2) is 3.42. The summed E-state index contributed by atoms with van der Waals surface area (Å²) in [5, 5.41) is 8.61. The van der Waals surface area contributed by atoms with Crippen molar-refractivity contribution in [3.05, 3.63) is 0 Å². The predicted molar refractivity (Wildman–Crippen MR) is 44.6 cm³/mol. The summed E-state index contributed by atoms with van der Waals surface area (Å²) in [5.41, 5.74) is 0. The smallest absolute Gasteiger partial charge is 0.0869 e. The van der Waals surface area contributed by atoms with Crippen LogP contribution in [0, 0.1) is 11.3 Å². The fraction of sp³-hybridized carbons (Fsp3) is 0.889. The fourth-order valence-corrected chi connectivity index (χ4v) is 2.28. The molecule has 0 saturated carbocycles. The van der Waals surface area contributed by atoms with E-state index in [0.717, 1.165) is 19.6 Å². The Morgan fingerprint density at radius 3 is 3.25 bits per heavy atom. The summed E-state index contributed by atoms with van der Waals surface area (Å²) in [6.07, 6.45) is 3.91. The molecule has 0 unspecified atom stereocenters. The van der Waals surface area contributed by atoms with Crippen LogP contribution in [-0.4, -0.2) is 36.7 Å². The summed E-state index contributed by atoms with van der Waals surface area (Å²) in [6, 6.07) is 2.76. The molecule has 3 nitrogen and oxygen atoms in total. The van der Waals surface area contributed by atoms with Crippen molar-refractivity contribution in [2.75, 3.05) is 19.7 Å². The summed E-state index contributed by atoms with van der Waals surface area (Å²) in [7, 11) is 0. The molecule has 2 rings (SSSR count). The number of piperidine rings is 1. The van der Waals surface area contributed by atoms with Gasteiger partial charge in [0.25, 0.3) is 0 Å². The van der Waals surface area contributed by atoms with Gasteiger partial charge in [-0.3, -0.25) is 4.90 Å². The molecule has 0 N–H and O–H groups in total. The van der Waals surface area contributed by atoms with Crippen LogP contribution in [0.15, 0.2) is 0 Å². The Morgan fingerprint density at radius 1 is 1.50 bits per heavy atom. The van der Waals surface area contributed by atoms with Crippen molar-refractivity contribution in [2.45, 2.75) is 31.4 Å². The van der Waals surface area contributed by atoms with E-state index in [0.29, 0.717) is 18.7 Å². The van der Waals surface area contributed by atoms with E-state index in [-0.39, 0.29) is 0 Å². The number of fused-ring (bicyclic) bond motifs is 1. The van der Waals surface area contributed by atoms with Gasteiger partial charge in [-0.2, -0.15) is 5.26 Å². The number of nitriles is 1. The van der Waals surface area contributed by atoms with Gasteiger partial charge in [-0.1, -0.05) is 0 Å². The standard InChI is InChI=1S/C9H14N2O/c10-4-6-11-5-1-2-9-8(11)3-7-12-9/h8-9H,1-3,5-7H2/t8-,9-/m1/s1. The van der Waals surface area contributed by atoms with Crippen LogP contribution in [0.1, 0.15) is 19.3 Å². The topological polar surface area (TPSA) is 36.3 Å². The van der Waals surface area contributed by atoms with Gasteiger partial charge in [0.15, 0.2) is 0 Å². The van der Waals surface area contributed by atoms with E-state index < -0.39 is 0 Å². The van der Waals surface area contributed by atoms with Crippen LogP contribution in [0.5, 0.6) is 0 Å². The minimum Gasteiger partial charge on any atom is -0.377 e. The highest BCUT2D eigenvalue weighted by Crippen LogP contribution is 2.27. The van der Waals surface area contributed by atoms with Crippen molar-refractivity contribution in [1.82, 2.24) is 4.90 Å². The summed E-state index contributed by atoms with van der Waals surface area (Å²) in [5.74, 6) is 0. The first-order chi connectivity index (χ1) is 5.92. The maximum absolute atomic E-state index is 8.61. The molecular weight excluding hydrogens is 152 g/mol. The van der Waals surface area contributed by atoms with Crippen molar-refractivity contribution in [3.63, 3.8) is 0 Å². The van der Waals surface area contributed by atoms with Crippen LogP contribution >= 0.6 is 0 Å². The first-order valence-corrected chi connectivity index (χ1v) is 4.64. The average molecular weight is 166 g/mol. The summed E-state index contributed by atoms with van der Waals surface area (Å²) in [4.78, 5) is 2.27. The van der Waals surface area contributed by atoms with Crippen molar-refractivity contribution >= 4 is 0 Å². The Labute approximate surface area is 72.9 Å². The molecule has 66 valence electrons. The molecule has 2 aliphatic rings. The molecule has 0 aromatic carbocycles. The minimum atomic E-state index is 0.423. The van der Waals surface area contributed by atoms with E-state index in [4.69, 9.17) is 10.00 Å². The molecule has 2 saturated heterocycles. The number of hydrogen-bond acceptors (Lipinski definition) is 3. The molecule has 0 aromatic heterocycles. The summed E-state index contributed by atoms with van der Waals surface area (Å²) >= 11 is 0. The Kier molecular flexibility index (Phi) is 2.29. The van der Waals surface area contributed by atoms with Gasteiger partial charge in [0.05, 0.1) is 18.7 Å². The number of hydrogen-bond donors (Lipinski definition) is 0. The van der Waals surface area contributed by atoms with Gasteiger partial charge >= 0.3 is 0 Å². The third kappa shape index (κ3) is 1.33. The monoisotopic (exact) mass is 166 g/mol. The second-order valence-electron chi connectivity index (χ2n) is 3.54. The molecular formula is C9H14N2O. The lowest BCUT2D eigenvalue weighted by Crippen LogP contribution is -2.45. The molecule has 0 aliphatic carbocycles. The highest BCUT2D eigenvalue weighted by atomic mass is 16.5. The third-order valence-corrected chi connectivity index (χ3v) is 2.85. The maximum Gasteiger partial charge on any atom is 0.0869 e. The van der Waals surface area contributed by atoms with Gasteiger partial charge in [0.1, 0.15) is 0 Å². The maximum atomic E-state index is 8.61. The SMILES string of the molecule is N#CCN1CCC[C@H]2OCC[C@H]21. The van der Waals surface area contributed by atoms with E-state index in [1.54, 1.807) is 0 Å². The minimum absolute atomic E-state index is 0.423. The first kappa shape index (κ1) is 8.03. The lowest BCUT2D eigenvalue weighted by Gasteiger charge is -2.34. The van der Waals surface area contributed by atoms with Crippen molar-refractivity contribution in [1.29, 1.82) is 5.26 Å². The van der Waals surface area contributed by atoms with Crippen molar-refractivity contribution < 1.29 is 4.74 Å². The number of ether oxygens (including phenoxy) is 1. The molecule has 0 amide bonds. The molecule has 0 radical (unpaired) electrons. The van der Waals surface area contributed by atoms with Gasteiger partial charge in [0.2, 0.25) is 0 Å². The predicted octanol–water partition coefficient (Wildman–Crippen LogP) is 0.763. The Hall–Kier alpha value is -0.590. The Bertz CT molecular complexity index is 199. The van der Waals surface area contributed by atoms with Crippen LogP contribution in [0.3, 0.4) is 0 Å². The zero-order valence-corrected chi connectivity index (χ0v) is 7.20. The van der Waals surface area contributed by atoms with E-state index in [9.17, 15) is 0 Å². The van der Waals surface area contributed by atoms with Gasteiger partial charge in [-0.25, -0.2) is 0 Å². The van der Waals surface area contributed by atoms with Gasteiger partial charge < -0.3 is 4.74 Å². The molecule has 2 fully saturated rings. The quantitative estimate of drug-likeness (QED) is 0.540. The van der Waals surface area contributed by atoms with E-state index in [1.165, 1.54) is 12.8 Å². The normalized spacial score (nSPS) is 35.9. The van der Waals surface area contributed by atoms with E-state index >= 15 is 0 Å². The van der Waals surface area contributed by atoms with Crippen LogP contribution in [0.4, 0.5) is 0 Å². The second-order valence-corrected chi connectivity index (χ2v) is 3.54. The molecule has 2 atom stereocenters. The number of nitrogens with zero attached hydrogens (tertiary/aromatic N) is 2. The molecule has 3 heteroatoms. The van der Waals surface area contributed by atoms with Crippen LogP contribution in [0.25, 0.3) is 0 Å². The number of rotatable bonds is 1. The fourth-order valence-electron chi connectivity index (χ4n) is 2.28. The first-order valence-electron chi connectivity index (χ1n) is 4.64. The molecule has 0 bridgehead atoms. The highest BCUT2D eigenvalue weighted by molar-refractivity contribution is 4.92. The summed E-state index contributed by atoms with van der Waals surface area (Å²) < 4.78 is 5.58. The lowest BCUT2D eigenvalue weighted by molar-refractivity contribution is 0.0321. The van der Waals surface area contributed by atoms with Crippen LogP contribution in [0.2, 0.25) is 0 Å². The Balaban J connectivity index is 1.99. The highest BCUT2D eigenvalue weighted by Gasteiger charge is 2.35. The van der Waals surface area contributed by atoms with E-state index in [1.807, 2.05) is 0 Å². The van der Waals surface area contributed by atoms with E-state index in [2.05, 4.69) is 11.0 Å². The van der Waals surface area contributed by atoms with Crippen LogP contribution in [-0.2, 0) is 4.74 Å². The molecule has 0 spiro atoms. The van der Waals surface area contributed by atoms with Crippen LogP contribution < -0.4 is 0 Å².